The molecule has 156 valence electrons. The van der Waals surface area contributed by atoms with Crippen molar-refractivity contribution in [2.45, 2.75) is 33.0 Å². The maximum Gasteiger partial charge on any atom is 0.282 e. The second kappa shape index (κ2) is 7.65. The number of halogens is 2. The Labute approximate surface area is 173 Å². The Morgan fingerprint density at radius 2 is 1.57 bits per heavy atom. The molecule has 2 aromatic rings. The molecule has 5 nitrogen and oxygen atoms in total. The first kappa shape index (κ1) is 20.2. The fourth-order valence-electron chi connectivity index (χ4n) is 4.03. The van der Waals surface area contributed by atoms with Crippen LogP contribution in [0.3, 0.4) is 0 Å². The SMILES string of the molecule is Cc1ccc(C2=C(N3CC(C)OC(C)C3)C(=O)N(c3cc(F)ccc3F)C2=O)cc1. The number of aryl methyl sites for hydroxylation is 1. The van der Waals surface area contributed by atoms with Gasteiger partial charge in [0, 0.05) is 19.2 Å². The van der Waals surface area contributed by atoms with E-state index in [-0.39, 0.29) is 29.2 Å². The van der Waals surface area contributed by atoms with Crippen molar-refractivity contribution in [1.82, 2.24) is 4.90 Å². The van der Waals surface area contributed by atoms with E-state index in [4.69, 9.17) is 4.74 Å². The lowest BCUT2D eigenvalue weighted by Crippen LogP contribution is -2.47. The van der Waals surface area contributed by atoms with Crippen molar-refractivity contribution in [1.29, 1.82) is 0 Å². The van der Waals surface area contributed by atoms with Crippen molar-refractivity contribution in [2.24, 2.45) is 0 Å². The number of anilines is 1. The lowest BCUT2D eigenvalue weighted by molar-refractivity contribution is -0.121. The van der Waals surface area contributed by atoms with Crippen LogP contribution in [0.15, 0.2) is 48.2 Å². The normalized spacial score (nSPS) is 22.3. The van der Waals surface area contributed by atoms with Crippen LogP contribution in [0.5, 0.6) is 0 Å². The first-order valence-corrected chi connectivity index (χ1v) is 9.82. The summed E-state index contributed by atoms with van der Waals surface area (Å²) in [5.74, 6) is -2.91. The summed E-state index contributed by atoms with van der Waals surface area (Å²) in [4.78, 5) is 29.3. The monoisotopic (exact) mass is 412 g/mol. The van der Waals surface area contributed by atoms with E-state index in [0.29, 0.717) is 18.7 Å². The Bertz CT molecular complexity index is 1040. The Balaban J connectivity index is 1.86. The van der Waals surface area contributed by atoms with Gasteiger partial charge in [-0.15, -0.1) is 0 Å². The minimum atomic E-state index is -0.841. The molecule has 1 saturated heterocycles. The van der Waals surface area contributed by atoms with Gasteiger partial charge in [0.25, 0.3) is 11.8 Å². The number of imide groups is 1. The number of carbonyl (C=O) groups excluding carboxylic acids is 2. The van der Waals surface area contributed by atoms with Crippen molar-refractivity contribution in [2.75, 3.05) is 18.0 Å². The third kappa shape index (κ3) is 3.50. The van der Waals surface area contributed by atoms with Gasteiger partial charge in [0.1, 0.15) is 17.3 Å². The summed E-state index contributed by atoms with van der Waals surface area (Å²) in [7, 11) is 0. The summed E-state index contributed by atoms with van der Waals surface area (Å²) in [6, 6.07) is 9.92. The molecule has 2 atom stereocenters. The molecule has 2 aliphatic rings. The summed E-state index contributed by atoms with van der Waals surface area (Å²) >= 11 is 0. The summed E-state index contributed by atoms with van der Waals surface area (Å²) < 4.78 is 34.1. The highest BCUT2D eigenvalue weighted by molar-refractivity contribution is 6.45. The van der Waals surface area contributed by atoms with Crippen LogP contribution < -0.4 is 4.90 Å². The molecule has 2 aromatic carbocycles. The second-order valence-corrected chi connectivity index (χ2v) is 7.79. The second-order valence-electron chi connectivity index (χ2n) is 7.79. The van der Waals surface area contributed by atoms with Crippen molar-refractivity contribution < 1.29 is 23.1 Å². The zero-order chi connectivity index (χ0) is 21.6. The Hall–Kier alpha value is -3.06. The molecule has 2 heterocycles. The van der Waals surface area contributed by atoms with Gasteiger partial charge in [0.2, 0.25) is 0 Å². The summed E-state index contributed by atoms with van der Waals surface area (Å²) in [6.07, 6.45) is -0.299. The Morgan fingerprint density at radius 3 is 2.20 bits per heavy atom. The lowest BCUT2D eigenvalue weighted by atomic mass is 10.0. The standard InChI is InChI=1S/C23H22F2N2O3/c1-13-4-6-16(7-5-13)20-21(26-11-14(2)30-15(3)12-26)23(29)27(22(20)28)19-10-17(24)8-9-18(19)25/h4-10,14-15H,11-12H2,1-3H3. The Morgan fingerprint density at radius 1 is 0.933 bits per heavy atom. The van der Waals surface area contributed by atoms with Crippen molar-refractivity contribution >= 4 is 23.1 Å². The van der Waals surface area contributed by atoms with Crippen LogP contribution >= 0.6 is 0 Å². The third-order valence-electron chi connectivity index (χ3n) is 5.28. The van der Waals surface area contributed by atoms with Gasteiger partial charge in [-0.3, -0.25) is 9.59 Å². The van der Waals surface area contributed by atoms with E-state index in [1.165, 1.54) is 0 Å². The van der Waals surface area contributed by atoms with Gasteiger partial charge >= 0.3 is 0 Å². The van der Waals surface area contributed by atoms with Crippen LogP contribution in [-0.4, -0.2) is 42.0 Å². The number of amides is 2. The fraction of sp³-hybridized carbons (Fsp3) is 0.304. The van der Waals surface area contributed by atoms with Crippen molar-refractivity contribution in [3.05, 3.63) is 70.9 Å². The first-order valence-electron chi connectivity index (χ1n) is 9.82. The predicted octanol–water partition coefficient (Wildman–Crippen LogP) is 3.67. The minimum absolute atomic E-state index is 0.150. The molecule has 0 aliphatic carbocycles. The lowest BCUT2D eigenvalue weighted by Gasteiger charge is -2.37. The van der Waals surface area contributed by atoms with Crippen LogP contribution in [-0.2, 0) is 14.3 Å². The highest BCUT2D eigenvalue weighted by Crippen LogP contribution is 2.37. The molecule has 4 rings (SSSR count). The fourth-order valence-corrected chi connectivity index (χ4v) is 4.03. The van der Waals surface area contributed by atoms with Crippen LogP contribution in [0.25, 0.3) is 5.57 Å². The number of hydrogen-bond acceptors (Lipinski definition) is 4. The van der Waals surface area contributed by atoms with Gasteiger partial charge in [-0.1, -0.05) is 29.8 Å². The van der Waals surface area contributed by atoms with E-state index in [1.807, 2.05) is 37.8 Å². The van der Waals surface area contributed by atoms with E-state index in [9.17, 15) is 18.4 Å². The number of benzene rings is 2. The molecule has 1 fully saturated rings. The van der Waals surface area contributed by atoms with Crippen molar-refractivity contribution in [3.8, 4) is 0 Å². The first-order chi connectivity index (χ1) is 14.3. The van der Waals surface area contributed by atoms with Gasteiger partial charge in [-0.2, -0.15) is 0 Å². The smallest absolute Gasteiger partial charge is 0.282 e. The molecule has 7 heteroatoms. The summed E-state index contributed by atoms with van der Waals surface area (Å²) in [6.45, 7) is 6.52. The van der Waals surface area contributed by atoms with Gasteiger partial charge in [-0.25, -0.2) is 13.7 Å². The largest absolute Gasteiger partial charge is 0.372 e. The molecule has 0 radical (unpaired) electrons. The average Bonchev–Trinajstić information content (AvgIpc) is 2.94. The molecular weight excluding hydrogens is 390 g/mol. The van der Waals surface area contributed by atoms with Gasteiger partial charge in [-0.05, 0) is 38.5 Å². The van der Waals surface area contributed by atoms with E-state index in [0.717, 1.165) is 28.7 Å². The molecule has 0 bridgehead atoms. The average molecular weight is 412 g/mol. The quantitative estimate of drug-likeness (QED) is 0.722. The van der Waals surface area contributed by atoms with Crippen LogP contribution in [0.2, 0.25) is 0 Å². The number of rotatable bonds is 3. The topological polar surface area (TPSA) is 49.9 Å². The summed E-state index contributed by atoms with van der Waals surface area (Å²) in [5.41, 5.74) is 1.54. The molecule has 0 N–H and O–H groups in total. The van der Waals surface area contributed by atoms with E-state index in [2.05, 4.69) is 0 Å². The zero-order valence-electron chi connectivity index (χ0n) is 17.0. The number of morpholine rings is 1. The van der Waals surface area contributed by atoms with Gasteiger partial charge < -0.3 is 9.64 Å². The molecule has 0 spiro atoms. The molecular formula is C23H22F2N2O3. The Kier molecular flexibility index (Phi) is 5.15. The van der Waals surface area contributed by atoms with E-state index in [1.54, 1.807) is 12.1 Å². The van der Waals surface area contributed by atoms with Crippen LogP contribution in [0.4, 0.5) is 14.5 Å². The maximum atomic E-state index is 14.5. The molecule has 2 amide bonds. The van der Waals surface area contributed by atoms with Gasteiger partial charge in [0.05, 0.1) is 23.5 Å². The highest BCUT2D eigenvalue weighted by Gasteiger charge is 2.44. The number of carbonyl (C=O) groups is 2. The van der Waals surface area contributed by atoms with Crippen LogP contribution in [0, 0.1) is 18.6 Å². The minimum Gasteiger partial charge on any atom is -0.372 e. The molecule has 2 unspecified atom stereocenters. The van der Waals surface area contributed by atoms with E-state index >= 15 is 0 Å². The molecule has 2 aliphatic heterocycles. The number of nitrogens with zero attached hydrogens (tertiary/aromatic N) is 2. The van der Waals surface area contributed by atoms with E-state index < -0.39 is 23.4 Å². The van der Waals surface area contributed by atoms with Crippen molar-refractivity contribution in [3.63, 3.8) is 0 Å². The molecule has 30 heavy (non-hydrogen) atoms. The zero-order valence-corrected chi connectivity index (χ0v) is 17.0. The highest BCUT2D eigenvalue weighted by atomic mass is 19.1. The van der Waals surface area contributed by atoms with Crippen LogP contribution in [0.1, 0.15) is 25.0 Å². The molecule has 0 saturated carbocycles. The summed E-state index contributed by atoms with van der Waals surface area (Å²) in [5, 5.41) is 0. The maximum absolute atomic E-state index is 14.5. The third-order valence-corrected chi connectivity index (χ3v) is 5.28. The van der Waals surface area contributed by atoms with Gasteiger partial charge in [0.15, 0.2) is 0 Å². The number of ether oxygens (including phenoxy) is 1. The number of hydrogen-bond donors (Lipinski definition) is 0. The predicted molar refractivity (Wildman–Crippen MR) is 109 cm³/mol. The molecule has 0 aromatic heterocycles.